The molecular weight excluding hydrogens is 222 g/mol. The van der Waals surface area contributed by atoms with Crippen LogP contribution in [-0.4, -0.2) is 21.9 Å². The molecule has 0 bridgehead atoms. The largest absolute Gasteiger partial charge is 0.312 e. The van der Waals surface area contributed by atoms with E-state index in [1.165, 1.54) is 12.1 Å². The van der Waals surface area contributed by atoms with E-state index in [1.54, 1.807) is 0 Å². The Morgan fingerprint density at radius 2 is 1.94 bits per heavy atom. The molecule has 0 aliphatic rings. The molecule has 1 aromatic heterocycles. The van der Waals surface area contributed by atoms with Gasteiger partial charge in [-0.3, -0.25) is 4.68 Å². The van der Waals surface area contributed by atoms with Gasteiger partial charge in [-0.05, 0) is 58.1 Å². The molecule has 1 N–H and O–H groups in total. The number of nitrogens with zero attached hydrogens (tertiary/aromatic N) is 2. The Morgan fingerprint density at radius 1 is 1.28 bits per heavy atom. The molecule has 0 aromatic carbocycles. The third kappa shape index (κ3) is 5.21. The summed E-state index contributed by atoms with van der Waals surface area (Å²) in [4.78, 5) is 0. The van der Waals surface area contributed by atoms with Crippen molar-refractivity contribution in [3.05, 3.63) is 18.0 Å². The maximum absolute atomic E-state index is 4.21. The van der Waals surface area contributed by atoms with Crippen LogP contribution in [0.3, 0.4) is 0 Å². The van der Waals surface area contributed by atoms with Crippen molar-refractivity contribution in [1.82, 2.24) is 15.1 Å². The maximum Gasteiger partial charge on any atom is 0.0492 e. The fraction of sp³-hybridized carbons (Fsp3) is 0.800. The molecule has 0 amide bonds. The Balaban J connectivity index is 2.32. The Labute approximate surface area is 112 Å². The van der Waals surface area contributed by atoms with Gasteiger partial charge in [0.2, 0.25) is 0 Å². The highest BCUT2D eigenvalue weighted by Gasteiger charge is 2.16. The Kier molecular flexibility index (Phi) is 5.39. The highest BCUT2D eigenvalue weighted by atomic mass is 15.2. The molecule has 3 nitrogen and oxygen atoms in total. The first-order valence-corrected chi connectivity index (χ1v) is 7.01. The number of rotatable bonds is 6. The molecular formula is C15H29N3. The van der Waals surface area contributed by atoms with Crippen LogP contribution in [0.4, 0.5) is 0 Å². The van der Waals surface area contributed by atoms with Gasteiger partial charge in [-0.15, -0.1) is 0 Å². The summed E-state index contributed by atoms with van der Waals surface area (Å²) in [6.45, 7) is 12.5. The van der Waals surface area contributed by atoms with Gasteiger partial charge in [0.15, 0.2) is 0 Å². The number of hydrogen-bond donors (Lipinski definition) is 1. The van der Waals surface area contributed by atoms with E-state index in [0.717, 1.165) is 18.9 Å². The highest BCUT2D eigenvalue weighted by Crippen LogP contribution is 2.18. The molecule has 104 valence electrons. The van der Waals surface area contributed by atoms with Crippen molar-refractivity contribution in [3.8, 4) is 0 Å². The van der Waals surface area contributed by atoms with Crippen molar-refractivity contribution in [2.24, 2.45) is 18.9 Å². The standard InChI is InChI=1S/C15H29N3/c1-12(13(2)11-16-15(3,4)5)7-8-14-9-10-17-18(14)6/h9-10,12-13,16H,7-8,11H2,1-6H3. The molecule has 1 rings (SSSR count). The topological polar surface area (TPSA) is 29.9 Å². The lowest BCUT2D eigenvalue weighted by Crippen LogP contribution is -2.39. The summed E-state index contributed by atoms with van der Waals surface area (Å²) >= 11 is 0. The molecule has 0 saturated carbocycles. The molecule has 0 spiro atoms. The number of hydrogen-bond acceptors (Lipinski definition) is 2. The van der Waals surface area contributed by atoms with E-state index in [-0.39, 0.29) is 5.54 Å². The molecule has 0 fully saturated rings. The number of nitrogens with one attached hydrogen (secondary N) is 1. The van der Waals surface area contributed by atoms with Crippen molar-refractivity contribution in [1.29, 1.82) is 0 Å². The van der Waals surface area contributed by atoms with Crippen LogP contribution in [0, 0.1) is 11.8 Å². The van der Waals surface area contributed by atoms with E-state index in [9.17, 15) is 0 Å². The van der Waals surface area contributed by atoms with Crippen molar-refractivity contribution < 1.29 is 0 Å². The van der Waals surface area contributed by atoms with Crippen molar-refractivity contribution in [2.75, 3.05) is 6.54 Å². The Bertz CT molecular complexity index is 349. The summed E-state index contributed by atoms with van der Waals surface area (Å²) in [6.07, 6.45) is 4.23. The lowest BCUT2D eigenvalue weighted by Gasteiger charge is -2.26. The Hall–Kier alpha value is -0.830. The zero-order chi connectivity index (χ0) is 13.8. The molecule has 1 heterocycles. The molecule has 3 heteroatoms. The second-order valence-electron chi connectivity index (χ2n) is 6.57. The molecule has 1 aromatic rings. The van der Waals surface area contributed by atoms with Crippen LogP contribution >= 0.6 is 0 Å². The van der Waals surface area contributed by atoms with Gasteiger partial charge in [-0.2, -0.15) is 5.10 Å². The van der Waals surface area contributed by atoms with Crippen LogP contribution in [0.15, 0.2) is 12.3 Å². The average Bonchev–Trinajstić information content (AvgIpc) is 2.67. The van der Waals surface area contributed by atoms with Crippen LogP contribution in [0.1, 0.15) is 46.7 Å². The van der Waals surface area contributed by atoms with Crippen molar-refractivity contribution >= 4 is 0 Å². The second-order valence-corrected chi connectivity index (χ2v) is 6.57. The fourth-order valence-electron chi connectivity index (χ4n) is 1.97. The van der Waals surface area contributed by atoms with Gasteiger partial charge in [-0.1, -0.05) is 13.8 Å². The van der Waals surface area contributed by atoms with Gasteiger partial charge in [0.05, 0.1) is 0 Å². The molecule has 0 aliphatic heterocycles. The summed E-state index contributed by atoms with van der Waals surface area (Å²) in [7, 11) is 2.02. The van der Waals surface area contributed by atoms with Crippen LogP contribution in [0.5, 0.6) is 0 Å². The van der Waals surface area contributed by atoms with Crippen LogP contribution in [-0.2, 0) is 13.5 Å². The quantitative estimate of drug-likeness (QED) is 0.842. The summed E-state index contributed by atoms with van der Waals surface area (Å²) < 4.78 is 1.98. The summed E-state index contributed by atoms with van der Waals surface area (Å²) in [5, 5.41) is 7.80. The van der Waals surface area contributed by atoms with Crippen molar-refractivity contribution in [3.63, 3.8) is 0 Å². The zero-order valence-electron chi connectivity index (χ0n) is 12.8. The van der Waals surface area contributed by atoms with E-state index in [2.05, 4.69) is 51.1 Å². The minimum Gasteiger partial charge on any atom is -0.312 e. The van der Waals surface area contributed by atoms with Gasteiger partial charge in [0, 0.05) is 24.5 Å². The van der Waals surface area contributed by atoms with Gasteiger partial charge in [-0.25, -0.2) is 0 Å². The predicted molar refractivity (Wildman–Crippen MR) is 77.6 cm³/mol. The van der Waals surface area contributed by atoms with E-state index >= 15 is 0 Å². The van der Waals surface area contributed by atoms with E-state index in [0.29, 0.717) is 5.92 Å². The highest BCUT2D eigenvalue weighted by molar-refractivity contribution is 5.00. The minimum atomic E-state index is 0.218. The lowest BCUT2D eigenvalue weighted by molar-refractivity contribution is 0.306. The summed E-state index contributed by atoms with van der Waals surface area (Å²) in [6, 6.07) is 2.12. The molecule has 18 heavy (non-hydrogen) atoms. The second kappa shape index (κ2) is 6.37. The van der Waals surface area contributed by atoms with Crippen LogP contribution in [0.2, 0.25) is 0 Å². The first kappa shape index (κ1) is 15.2. The third-order valence-corrected chi connectivity index (χ3v) is 3.70. The molecule has 0 saturated heterocycles. The van der Waals surface area contributed by atoms with Crippen molar-refractivity contribution in [2.45, 2.75) is 53.0 Å². The first-order chi connectivity index (χ1) is 8.29. The number of aromatic nitrogens is 2. The normalized spacial score (nSPS) is 15.7. The zero-order valence-corrected chi connectivity index (χ0v) is 12.8. The van der Waals surface area contributed by atoms with Gasteiger partial charge in [0.1, 0.15) is 0 Å². The molecule has 0 aliphatic carbocycles. The Morgan fingerprint density at radius 3 is 2.44 bits per heavy atom. The van der Waals surface area contributed by atoms with Gasteiger partial charge in [0.25, 0.3) is 0 Å². The predicted octanol–water partition coefficient (Wildman–Crippen LogP) is 3.01. The molecule has 2 unspecified atom stereocenters. The number of aryl methyl sites for hydroxylation is 2. The average molecular weight is 251 g/mol. The SMILES string of the molecule is CC(CCc1ccnn1C)C(C)CNC(C)(C)C. The van der Waals surface area contributed by atoms with E-state index < -0.39 is 0 Å². The van der Waals surface area contributed by atoms with Gasteiger partial charge < -0.3 is 5.32 Å². The lowest BCUT2D eigenvalue weighted by atomic mass is 9.90. The van der Waals surface area contributed by atoms with E-state index in [4.69, 9.17) is 0 Å². The fourth-order valence-corrected chi connectivity index (χ4v) is 1.97. The maximum atomic E-state index is 4.21. The first-order valence-electron chi connectivity index (χ1n) is 7.01. The minimum absolute atomic E-state index is 0.218. The van der Waals surface area contributed by atoms with Gasteiger partial charge >= 0.3 is 0 Å². The van der Waals surface area contributed by atoms with E-state index in [1.807, 2.05) is 17.9 Å². The van der Waals surface area contributed by atoms with Crippen LogP contribution in [0.25, 0.3) is 0 Å². The van der Waals surface area contributed by atoms with Crippen LogP contribution < -0.4 is 5.32 Å². The third-order valence-electron chi connectivity index (χ3n) is 3.70. The summed E-state index contributed by atoms with van der Waals surface area (Å²) in [5.74, 6) is 1.44. The molecule has 0 radical (unpaired) electrons. The summed E-state index contributed by atoms with van der Waals surface area (Å²) in [5.41, 5.74) is 1.55. The monoisotopic (exact) mass is 251 g/mol. The molecule has 2 atom stereocenters. The smallest absolute Gasteiger partial charge is 0.0492 e.